The highest BCUT2D eigenvalue weighted by molar-refractivity contribution is 7.99. The van der Waals surface area contributed by atoms with E-state index in [2.05, 4.69) is 19.9 Å². The van der Waals surface area contributed by atoms with Crippen LogP contribution in [0.1, 0.15) is 49.9 Å². The van der Waals surface area contributed by atoms with Gasteiger partial charge < -0.3 is 5.73 Å². The fourth-order valence-corrected chi connectivity index (χ4v) is 3.18. The SMILES string of the molecule is CCC(C)Sc1nc2c(cc1C(=N)N)CCCC2. The van der Waals surface area contributed by atoms with Gasteiger partial charge in [-0.3, -0.25) is 5.41 Å². The van der Waals surface area contributed by atoms with E-state index in [1.165, 1.54) is 24.1 Å². The van der Waals surface area contributed by atoms with E-state index >= 15 is 0 Å². The molecule has 0 aliphatic heterocycles. The molecule has 98 valence electrons. The van der Waals surface area contributed by atoms with Crippen LogP contribution in [-0.4, -0.2) is 16.1 Å². The average Bonchev–Trinajstić information content (AvgIpc) is 2.37. The van der Waals surface area contributed by atoms with E-state index in [0.717, 1.165) is 29.9 Å². The van der Waals surface area contributed by atoms with Gasteiger partial charge in [0.05, 0.1) is 0 Å². The molecule has 0 saturated heterocycles. The summed E-state index contributed by atoms with van der Waals surface area (Å²) in [4.78, 5) is 4.76. The van der Waals surface area contributed by atoms with Crippen LogP contribution in [0.25, 0.3) is 0 Å². The summed E-state index contributed by atoms with van der Waals surface area (Å²) < 4.78 is 0. The fourth-order valence-electron chi connectivity index (χ4n) is 2.17. The van der Waals surface area contributed by atoms with Gasteiger partial charge >= 0.3 is 0 Å². The molecule has 1 aromatic rings. The van der Waals surface area contributed by atoms with Crippen LogP contribution in [0.2, 0.25) is 0 Å². The second kappa shape index (κ2) is 5.74. The lowest BCUT2D eigenvalue weighted by molar-refractivity contribution is 0.660. The molecule has 0 amide bonds. The zero-order valence-electron chi connectivity index (χ0n) is 11.1. The first-order valence-corrected chi connectivity index (χ1v) is 7.53. The van der Waals surface area contributed by atoms with Crippen LogP contribution in [-0.2, 0) is 12.8 Å². The van der Waals surface area contributed by atoms with Gasteiger partial charge in [0, 0.05) is 16.5 Å². The van der Waals surface area contributed by atoms with Gasteiger partial charge in [-0.1, -0.05) is 13.8 Å². The maximum absolute atomic E-state index is 7.72. The molecule has 2 rings (SSSR count). The van der Waals surface area contributed by atoms with Gasteiger partial charge in [-0.05, 0) is 43.7 Å². The minimum absolute atomic E-state index is 0.140. The second-order valence-electron chi connectivity index (χ2n) is 4.90. The molecule has 1 heterocycles. The minimum Gasteiger partial charge on any atom is -0.384 e. The molecule has 1 atom stereocenters. The first kappa shape index (κ1) is 13.4. The maximum atomic E-state index is 7.72. The Balaban J connectivity index is 2.39. The van der Waals surface area contributed by atoms with Crippen molar-refractivity contribution in [1.82, 2.24) is 4.98 Å². The van der Waals surface area contributed by atoms with Crippen molar-refractivity contribution in [3.8, 4) is 0 Å². The number of nitrogens with one attached hydrogen (secondary N) is 1. The predicted octanol–water partition coefficient (Wildman–Crippen LogP) is 3.14. The molecule has 0 radical (unpaired) electrons. The number of rotatable bonds is 4. The molecule has 18 heavy (non-hydrogen) atoms. The quantitative estimate of drug-likeness (QED) is 0.498. The summed E-state index contributed by atoms with van der Waals surface area (Å²) in [6.45, 7) is 4.36. The molecule has 0 aromatic carbocycles. The Bertz CT molecular complexity index is 457. The molecular weight excluding hydrogens is 242 g/mol. The summed E-state index contributed by atoms with van der Waals surface area (Å²) in [6.07, 6.45) is 5.70. The Morgan fingerprint density at radius 1 is 1.50 bits per heavy atom. The molecule has 1 aliphatic rings. The van der Waals surface area contributed by atoms with Gasteiger partial charge in [0.25, 0.3) is 0 Å². The van der Waals surface area contributed by atoms with Crippen LogP contribution >= 0.6 is 11.8 Å². The summed E-state index contributed by atoms with van der Waals surface area (Å²) >= 11 is 1.74. The van der Waals surface area contributed by atoms with Crippen LogP contribution in [0.15, 0.2) is 11.1 Å². The first-order chi connectivity index (χ1) is 8.61. The Morgan fingerprint density at radius 2 is 2.22 bits per heavy atom. The summed E-state index contributed by atoms with van der Waals surface area (Å²) in [5.41, 5.74) is 9.03. The Morgan fingerprint density at radius 3 is 2.89 bits per heavy atom. The highest BCUT2D eigenvalue weighted by Crippen LogP contribution is 2.30. The molecule has 0 saturated carbocycles. The van der Waals surface area contributed by atoms with Crippen molar-refractivity contribution in [2.24, 2.45) is 5.73 Å². The van der Waals surface area contributed by atoms with Crippen molar-refractivity contribution in [2.75, 3.05) is 0 Å². The minimum atomic E-state index is 0.140. The topological polar surface area (TPSA) is 62.8 Å². The number of pyridine rings is 1. The summed E-state index contributed by atoms with van der Waals surface area (Å²) in [6, 6.07) is 2.09. The van der Waals surface area contributed by atoms with Crippen LogP contribution in [0, 0.1) is 5.41 Å². The lowest BCUT2D eigenvalue weighted by atomic mass is 9.95. The van der Waals surface area contributed by atoms with Gasteiger partial charge in [-0.15, -0.1) is 11.8 Å². The van der Waals surface area contributed by atoms with Gasteiger partial charge in [-0.25, -0.2) is 4.98 Å². The third-order valence-corrected chi connectivity index (χ3v) is 4.71. The summed E-state index contributed by atoms with van der Waals surface area (Å²) in [5.74, 6) is 0.140. The zero-order chi connectivity index (χ0) is 13.1. The fraction of sp³-hybridized carbons (Fsp3) is 0.571. The standard InChI is InChI=1S/C14H21N3S/c1-3-9(2)18-14-11(13(15)16)8-10-6-4-5-7-12(10)17-14/h8-9H,3-7H2,1-2H3,(H3,15,16). The molecule has 0 spiro atoms. The smallest absolute Gasteiger partial charge is 0.125 e. The highest BCUT2D eigenvalue weighted by atomic mass is 32.2. The van der Waals surface area contributed by atoms with Gasteiger partial charge in [-0.2, -0.15) is 0 Å². The Labute approximate surface area is 113 Å². The molecule has 0 fully saturated rings. The number of hydrogen-bond acceptors (Lipinski definition) is 3. The molecular formula is C14H21N3S. The van der Waals surface area contributed by atoms with E-state index in [1.54, 1.807) is 11.8 Å². The van der Waals surface area contributed by atoms with Crippen LogP contribution in [0.5, 0.6) is 0 Å². The summed E-state index contributed by atoms with van der Waals surface area (Å²) in [5, 5.41) is 9.17. The molecule has 1 aromatic heterocycles. The molecule has 0 bridgehead atoms. The third-order valence-electron chi connectivity index (χ3n) is 3.44. The van der Waals surface area contributed by atoms with Gasteiger partial charge in [0.1, 0.15) is 10.9 Å². The molecule has 1 aliphatic carbocycles. The predicted molar refractivity (Wildman–Crippen MR) is 77.5 cm³/mol. The number of nitrogens with two attached hydrogens (primary N) is 1. The molecule has 3 N–H and O–H groups in total. The lowest BCUT2D eigenvalue weighted by Crippen LogP contribution is -2.17. The van der Waals surface area contributed by atoms with Crippen molar-refractivity contribution in [2.45, 2.75) is 56.2 Å². The average molecular weight is 263 g/mol. The number of amidine groups is 1. The third kappa shape index (κ3) is 2.86. The normalized spacial score (nSPS) is 16.1. The van der Waals surface area contributed by atoms with Crippen molar-refractivity contribution < 1.29 is 0 Å². The van der Waals surface area contributed by atoms with Crippen molar-refractivity contribution in [3.63, 3.8) is 0 Å². The van der Waals surface area contributed by atoms with E-state index in [-0.39, 0.29) is 5.84 Å². The van der Waals surface area contributed by atoms with Crippen LogP contribution in [0.3, 0.4) is 0 Å². The van der Waals surface area contributed by atoms with Crippen LogP contribution in [0.4, 0.5) is 0 Å². The number of fused-ring (bicyclic) bond motifs is 1. The monoisotopic (exact) mass is 263 g/mol. The number of aryl methyl sites for hydroxylation is 2. The van der Waals surface area contributed by atoms with E-state index in [0.29, 0.717) is 5.25 Å². The molecule has 3 nitrogen and oxygen atoms in total. The van der Waals surface area contributed by atoms with Crippen molar-refractivity contribution in [3.05, 3.63) is 22.9 Å². The second-order valence-corrected chi connectivity index (χ2v) is 6.33. The lowest BCUT2D eigenvalue weighted by Gasteiger charge is -2.19. The Kier molecular flexibility index (Phi) is 4.27. The number of hydrogen-bond donors (Lipinski definition) is 2. The number of nitrogens with zero attached hydrogens (tertiary/aromatic N) is 1. The van der Waals surface area contributed by atoms with Gasteiger partial charge in [0.15, 0.2) is 0 Å². The van der Waals surface area contributed by atoms with Crippen molar-refractivity contribution in [1.29, 1.82) is 5.41 Å². The maximum Gasteiger partial charge on any atom is 0.125 e. The van der Waals surface area contributed by atoms with Crippen molar-refractivity contribution >= 4 is 17.6 Å². The van der Waals surface area contributed by atoms with E-state index in [9.17, 15) is 0 Å². The molecule has 1 unspecified atom stereocenters. The largest absolute Gasteiger partial charge is 0.384 e. The van der Waals surface area contributed by atoms with Gasteiger partial charge in [0.2, 0.25) is 0 Å². The number of aromatic nitrogens is 1. The summed E-state index contributed by atoms with van der Waals surface area (Å²) in [7, 11) is 0. The first-order valence-electron chi connectivity index (χ1n) is 6.65. The van der Waals surface area contributed by atoms with Crippen LogP contribution < -0.4 is 5.73 Å². The number of thioether (sulfide) groups is 1. The van der Waals surface area contributed by atoms with E-state index in [1.807, 2.05) is 0 Å². The molecule has 4 heteroatoms. The number of nitrogen functional groups attached to an aromatic ring is 1. The zero-order valence-corrected chi connectivity index (χ0v) is 11.9. The van der Waals surface area contributed by atoms with E-state index < -0.39 is 0 Å². The highest BCUT2D eigenvalue weighted by Gasteiger charge is 2.17. The Hall–Kier alpha value is -1.03. The van der Waals surface area contributed by atoms with E-state index in [4.69, 9.17) is 16.1 Å².